The van der Waals surface area contributed by atoms with E-state index >= 15 is 0 Å². The summed E-state index contributed by atoms with van der Waals surface area (Å²) < 4.78 is 42.5. The molecular formula is C18H12F3N5. The molecule has 0 atom stereocenters. The van der Waals surface area contributed by atoms with Gasteiger partial charge in [-0.2, -0.15) is 0 Å². The minimum atomic E-state index is -1.24. The molecule has 0 aliphatic rings. The number of rotatable bonds is 2. The average Bonchev–Trinajstić information content (AvgIpc) is 3.07. The van der Waals surface area contributed by atoms with Crippen LogP contribution in [0.4, 0.5) is 13.2 Å². The number of fused-ring (bicyclic) bond motifs is 2. The highest BCUT2D eigenvalue weighted by Gasteiger charge is 2.13. The first-order valence-corrected chi connectivity index (χ1v) is 7.75. The second-order valence-corrected chi connectivity index (χ2v) is 5.81. The largest absolute Gasteiger partial charge is 0.256 e. The van der Waals surface area contributed by atoms with Crippen molar-refractivity contribution >= 4 is 28.7 Å². The van der Waals surface area contributed by atoms with Crippen LogP contribution in [0.3, 0.4) is 0 Å². The minimum Gasteiger partial charge on any atom is -0.256 e. The summed E-state index contributed by atoms with van der Waals surface area (Å²) in [5.41, 5.74) is 2.35. The summed E-state index contributed by atoms with van der Waals surface area (Å²) in [6.07, 6.45) is 4.89. The van der Waals surface area contributed by atoms with Crippen molar-refractivity contribution < 1.29 is 13.2 Å². The Balaban J connectivity index is 1.75. The molecule has 0 spiro atoms. The zero-order valence-corrected chi connectivity index (χ0v) is 13.8. The summed E-state index contributed by atoms with van der Waals surface area (Å²) in [5.74, 6) is -2.85. The first-order valence-electron chi connectivity index (χ1n) is 7.75. The maximum absolute atomic E-state index is 13.9. The van der Waals surface area contributed by atoms with Crippen LogP contribution in [-0.2, 0) is 0 Å². The quantitative estimate of drug-likeness (QED) is 0.512. The molecule has 0 N–H and O–H groups in total. The number of hydrogen-bond acceptors (Lipinski definition) is 4. The zero-order chi connectivity index (χ0) is 18.4. The Morgan fingerprint density at radius 3 is 2.58 bits per heavy atom. The highest BCUT2D eigenvalue weighted by Crippen LogP contribution is 2.23. The van der Waals surface area contributed by atoms with Gasteiger partial charge in [-0.05, 0) is 38.1 Å². The first-order chi connectivity index (χ1) is 12.4. The van der Waals surface area contributed by atoms with E-state index < -0.39 is 17.5 Å². The Labute approximate surface area is 145 Å². The van der Waals surface area contributed by atoms with Crippen molar-refractivity contribution in [3.05, 3.63) is 64.8 Å². The zero-order valence-electron chi connectivity index (χ0n) is 13.8. The standard InChI is InChI=1S/C18H12F3N5/c1-9-8-22-10(2)18-24-15(25-26(9)18)6-4-11-3-5-12-16(21)13(19)7-14(20)17(12)23-11/h3-8H,1-2H3. The van der Waals surface area contributed by atoms with Crippen molar-refractivity contribution in [3.63, 3.8) is 0 Å². The molecular weight excluding hydrogens is 343 g/mol. The van der Waals surface area contributed by atoms with Gasteiger partial charge in [-0.1, -0.05) is 0 Å². The van der Waals surface area contributed by atoms with Crippen molar-refractivity contribution in [3.8, 4) is 0 Å². The highest BCUT2D eigenvalue weighted by molar-refractivity contribution is 5.82. The third-order valence-corrected chi connectivity index (χ3v) is 3.97. The van der Waals surface area contributed by atoms with Crippen molar-refractivity contribution in [1.82, 2.24) is 24.6 Å². The van der Waals surface area contributed by atoms with E-state index in [0.717, 1.165) is 11.4 Å². The number of aryl methyl sites for hydroxylation is 2. The van der Waals surface area contributed by atoms with Gasteiger partial charge in [0.05, 0.1) is 17.1 Å². The van der Waals surface area contributed by atoms with Gasteiger partial charge >= 0.3 is 0 Å². The van der Waals surface area contributed by atoms with Gasteiger partial charge in [0.15, 0.2) is 28.9 Å². The summed E-state index contributed by atoms with van der Waals surface area (Å²) in [7, 11) is 0. The number of pyridine rings is 1. The highest BCUT2D eigenvalue weighted by atomic mass is 19.2. The normalized spacial score (nSPS) is 11.9. The van der Waals surface area contributed by atoms with Crippen LogP contribution in [0, 0.1) is 31.3 Å². The molecule has 0 bridgehead atoms. The van der Waals surface area contributed by atoms with E-state index in [-0.39, 0.29) is 10.9 Å². The molecule has 0 aliphatic carbocycles. The Hall–Kier alpha value is -3.29. The molecule has 0 radical (unpaired) electrons. The smallest absolute Gasteiger partial charge is 0.177 e. The maximum atomic E-state index is 13.9. The van der Waals surface area contributed by atoms with Crippen LogP contribution in [0.15, 0.2) is 24.4 Å². The molecule has 0 aliphatic heterocycles. The summed E-state index contributed by atoms with van der Waals surface area (Å²) in [6.45, 7) is 3.70. The van der Waals surface area contributed by atoms with Gasteiger partial charge in [-0.25, -0.2) is 27.7 Å². The fraction of sp³-hybridized carbons (Fsp3) is 0.111. The van der Waals surface area contributed by atoms with Gasteiger partial charge < -0.3 is 0 Å². The first kappa shape index (κ1) is 16.2. The van der Waals surface area contributed by atoms with Crippen molar-refractivity contribution in [2.45, 2.75) is 13.8 Å². The summed E-state index contributed by atoms with van der Waals surface area (Å²) in [4.78, 5) is 12.7. The number of halogens is 3. The van der Waals surface area contributed by atoms with E-state index in [1.807, 2.05) is 13.8 Å². The third kappa shape index (κ3) is 2.59. The molecule has 0 amide bonds. The molecule has 3 aromatic heterocycles. The topological polar surface area (TPSA) is 56.0 Å². The predicted octanol–water partition coefficient (Wildman–Crippen LogP) is 3.88. The fourth-order valence-corrected chi connectivity index (χ4v) is 2.64. The molecule has 0 saturated carbocycles. The Morgan fingerprint density at radius 1 is 1.00 bits per heavy atom. The lowest BCUT2D eigenvalue weighted by molar-refractivity contribution is 0.505. The molecule has 0 fully saturated rings. The van der Waals surface area contributed by atoms with Crippen LogP contribution in [0.2, 0.25) is 0 Å². The maximum Gasteiger partial charge on any atom is 0.177 e. The van der Waals surface area contributed by atoms with Crippen LogP contribution in [-0.4, -0.2) is 24.6 Å². The summed E-state index contributed by atoms with van der Waals surface area (Å²) >= 11 is 0. The van der Waals surface area contributed by atoms with E-state index in [1.54, 1.807) is 22.9 Å². The van der Waals surface area contributed by atoms with Crippen molar-refractivity contribution in [1.29, 1.82) is 0 Å². The lowest BCUT2D eigenvalue weighted by atomic mass is 10.1. The SMILES string of the molecule is Cc1ncc(C)n2nc(C=Cc3ccc4c(F)c(F)cc(F)c4n3)nc12. The Bertz CT molecular complexity index is 1160. The van der Waals surface area contributed by atoms with Crippen LogP contribution in [0.25, 0.3) is 28.7 Å². The molecule has 0 saturated heterocycles. The second-order valence-electron chi connectivity index (χ2n) is 5.81. The molecule has 4 aromatic rings. The predicted molar refractivity (Wildman–Crippen MR) is 90.8 cm³/mol. The molecule has 4 rings (SSSR count). The molecule has 8 heteroatoms. The van der Waals surface area contributed by atoms with E-state index in [1.165, 1.54) is 12.1 Å². The summed E-state index contributed by atoms with van der Waals surface area (Å²) in [5, 5.41) is 4.16. The summed E-state index contributed by atoms with van der Waals surface area (Å²) in [6, 6.07) is 3.24. The number of nitrogens with zero attached hydrogens (tertiary/aromatic N) is 5. The Morgan fingerprint density at radius 2 is 1.81 bits per heavy atom. The van der Waals surface area contributed by atoms with Gasteiger partial charge in [-0.15, -0.1) is 5.10 Å². The van der Waals surface area contributed by atoms with Gasteiger partial charge in [0.2, 0.25) is 0 Å². The van der Waals surface area contributed by atoms with Gasteiger partial charge in [0.1, 0.15) is 5.52 Å². The second kappa shape index (κ2) is 5.91. The van der Waals surface area contributed by atoms with Crippen LogP contribution in [0.1, 0.15) is 22.9 Å². The molecule has 130 valence electrons. The molecule has 1 aromatic carbocycles. The van der Waals surface area contributed by atoms with E-state index in [2.05, 4.69) is 20.1 Å². The Kier molecular flexibility index (Phi) is 3.68. The molecule has 3 heterocycles. The van der Waals surface area contributed by atoms with Crippen LogP contribution >= 0.6 is 0 Å². The van der Waals surface area contributed by atoms with Crippen molar-refractivity contribution in [2.75, 3.05) is 0 Å². The monoisotopic (exact) mass is 355 g/mol. The lowest BCUT2D eigenvalue weighted by Crippen LogP contribution is -1.97. The fourth-order valence-electron chi connectivity index (χ4n) is 2.64. The van der Waals surface area contributed by atoms with E-state index in [0.29, 0.717) is 23.2 Å². The average molecular weight is 355 g/mol. The van der Waals surface area contributed by atoms with E-state index in [4.69, 9.17) is 0 Å². The van der Waals surface area contributed by atoms with Gasteiger partial charge in [-0.3, -0.25) is 4.98 Å². The minimum absolute atomic E-state index is 0.206. The van der Waals surface area contributed by atoms with E-state index in [9.17, 15) is 13.2 Å². The molecule has 5 nitrogen and oxygen atoms in total. The van der Waals surface area contributed by atoms with Crippen molar-refractivity contribution in [2.24, 2.45) is 0 Å². The third-order valence-electron chi connectivity index (χ3n) is 3.97. The number of aromatic nitrogens is 5. The molecule has 26 heavy (non-hydrogen) atoms. The number of benzene rings is 1. The van der Waals surface area contributed by atoms with Crippen LogP contribution in [0.5, 0.6) is 0 Å². The van der Waals surface area contributed by atoms with Gasteiger partial charge in [0, 0.05) is 17.6 Å². The van der Waals surface area contributed by atoms with Gasteiger partial charge in [0.25, 0.3) is 0 Å². The molecule has 0 unspecified atom stereocenters. The van der Waals surface area contributed by atoms with Crippen LogP contribution < -0.4 is 0 Å². The lowest BCUT2D eigenvalue weighted by Gasteiger charge is -2.02. The number of hydrogen-bond donors (Lipinski definition) is 0.